The number of nitrogens with zero attached hydrogens (tertiary/aromatic N) is 2. The standard InChI is InChI=1S/C13H10FN3.C7H15NO/c1-8-3-2-4-11(17-8)9-5-6-15-13-12(9)10(14)7-16-13;1-5-3-8-4-6(2)7(5)9/h2-7H,1H3,(H,15,16);5-9H,3-4H2,1-2H3. The molecular formula is C20H25FN4O. The van der Waals surface area contributed by atoms with Crippen LogP contribution >= 0.6 is 0 Å². The fourth-order valence-corrected chi connectivity index (χ4v) is 3.26. The van der Waals surface area contributed by atoms with E-state index in [1.807, 2.05) is 25.1 Å². The van der Waals surface area contributed by atoms with Gasteiger partial charge in [-0.05, 0) is 37.0 Å². The van der Waals surface area contributed by atoms with Crippen molar-refractivity contribution in [2.45, 2.75) is 26.9 Å². The van der Waals surface area contributed by atoms with E-state index in [0.717, 1.165) is 30.0 Å². The van der Waals surface area contributed by atoms with Gasteiger partial charge in [0.25, 0.3) is 0 Å². The number of rotatable bonds is 1. The second-order valence-electron chi connectivity index (χ2n) is 6.99. The minimum Gasteiger partial charge on any atom is -0.392 e. The Balaban J connectivity index is 0.000000185. The average molecular weight is 356 g/mol. The number of aliphatic hydroxyl groups is 1. The molecule has 3 aromatic heterocycles. The van der Waals surface area contributed by atoms with Crippen LogP contribution in [0.5, 0.6) is 0 Å². The molecule has 0 bridgehead atoms. The molecule has 2 atom stereocenters. The van der Waals surface area contributed by atoms with E-state index < -0.39 is 0 Å². The number of aromatic amines is 1. The summed E-state index contributed by atoms with van der Waals surface area (Å²) in [5, 5.41) is 13.2. The van der Waals surface area contributed by atoms with E-state index in [-0.39, 0.29) is 11.9 Å². The van der Waals surface area contributed by atoms with Gasteiger partial charge in [0.1, 0.15) is 5.65 Å². The van der Waals surface area contributed by atoms with E-state index in [0.29, 0.717) is 22.9 Å². The van der Waals surface area contributed by atoms with Gasteiger partial charge in [0.2, 0.25) is 0 Å². The summed E-state index contributed by atoms with van der Waals surface area (Å²) in [5.74, 6) is 0.550. The highest BCUT2D eigenvalue weighted by Gasteiger charge is 2.24. The number of nitrogens with one attached hydrogen (secondary N) is 2. The average Bonchev–Trinajstić information content (AvgIpc) is 3.02. The summed E-state index contributed by atoms with van der Waals surface area (Å²) in [6.07, 6.45) is 2.88. The number of H-pyrrole nitrogens is 1. The fraction of sp³-hybridized carbons (Fsp3) is 0.400. The molecule has 3 aromatic rings. The van der Waals surface area contributed by atoms with Crippen LogP contribution in [0.4, 0.5) is 4.39 Å². The molecule has 1 aliphatic heterocycles. The first-order chi connectivity index (χ1) is 12.5. The molecule has 138 valence electrons. The number of fused-ring (bicyclic) bond motifs is 1. The number of aryl methyl sites for hydroxylation is 1. The lowest BCUT2D eigenvalue weighted by atomic mass is 9.90. The van der Waals surface area contributed by atoms with Gasteiger partial charge in [0.15, 0.2) is 5.82 Å². The minimum absolute atomic E-state index is 0.0914. The Bertz CT molecular complexity index is 869. The molecule has 1 fully saturated rings. The van der Waals surface area contributed by atoms with Crippen LogP contribution in [-0.2, 0) is 0 Å². The lowest BCUT2D eigenvalue weighted by Gasteiger charge is -2.30. The molecule has 0 saturated carbocycles. The van der Waals surface area contributed by atoms with Gasteiger partial charge in [-0.1, -0.05) is 19.9 Å². The zero-order chi connectivity index (χ0) is 18.7. The molecule has 3 N–H and O–H groups in total. The van der Waals surface area contributed by atoms with Gasteiger partial charge in [-0.15, -0.1) is 0 Å². The van der Waals surface area contributed by atoms with Crippen molar-refractivity contribution < 1.29 is 9.50 Å². The molecule has 0 spiro atoms. The summed E-state index contributed by atoms with van der Waals surface area (Å²) in [6.45, 7) is 7.99. The molecule has 0 aliphatic carbocycles. The van der Waals surface area contributed by atoms with Crippen molar-refractivity contribution >= 4 is 11.0 Å². The smallest absolute Gasteiger partial charge is 0.150 e. The molecule has 0 radical (unpaired) electrons. The summed E-state index contributed by atoms with van der Waals surface area (Å²) >= 11 is 0. The Morgan fingerprint density at radius 2 is 1.88 bits per heavy atom. The van der Waals surface area contributed by atoms with Crippen LogP contribution in [0.25, 0.3) is 22.3 Å². The lowest BCUT2D eigenvalue weighted by Crippen LogP contribution is -2.44. The van der Waals surface area contributed by atoms with Crippen LogP contribution in [0.3, 0.4) is 0 Å². The van der Waals surface area contributed by atoms with Gasteiger partial charge < -0.3 is 15.4 Å². The van der Waals surface area contributed by atoms with E-state index in [4.69, 9.17) is 0 Å². The van der Waals surface area contributed by atoms with Crippen molar-refractivity contribution in [3.63, 3.8) is 0 Å². The number of hydrogen-bond donors (Lipinski definition) is 3. The molecule has 1 saturated heterocycles. The highest BCUT2D eigenvalue weighted by atomic mass is 19.1. The Hall–Kier alpha value is -2.31. The SMILES string of the molecule is CC1CNCC(C)C1O.Cc1cccc(-c2ccnc3[nH]cc(F)c23)n1. The third-order valence-electron chi connectivity index (χ3n) is 4.79. The van der Waals surface area contributed by atoms with Crippen molar-refractivity contribution in [1.29, 1.82) is 0 Å². The van der Waals surface area contributed by atoms with E-state index in [1.54, 1.807) is 12.3 Å². The Labute approximate surface area is 152 Å². The van der Waals surface area contributed by atoms with Gasteiger partial charge >= 0.3 is 0 Å². The van der Waals surface area contributed by atoms with Gasteiger partial charge in [-0.3, -0.25) is 4.98 Å². The Morgan fingerprint density at radius 1 is 1.15 bits per heavy atom. The van der Waals surface area contributed by atoms with Crippen molar-refractivity contribution in [3.05, 3.63) is 48.2 Å². The number of halogens is 1. The minimum atomic E-state index is -0.300. The number of aromatic nitrogens is 3. The highest BCUT2D eigenvalue weighted by Crippen LogP contribution is 2.27. The van der Waals surface area contributed by atoms with Crippen LogP contribution < -0.4 is 5.32 Å². The normalized spacial score (nSPS) is 22.7. The van der Waals surface area contributed by atoms with Gasteiger partial charge in [0, 0.05) is 36.7 Å². The Morgan fingerprint density at radius 3 is 2.54 bits per heavy atom. The zero-order valence-corrected chi connectivity index (χ0v) is 15.3. The summed E-state index contributed by atoms with van der Waals surface area (Å²) in [4.78, 5) is 11.3. The lowest BCUT2D eigenvalue weighted by molar-refractivity contribution is 0.0434. The van der Waals surface area contributed by atoms with E-state index in [9.17, 15) is 9.50 Å². The maximum absolute atomic E-state index is 13.7. The number of aliphatic hydroxyl groups excluding tert-OH is 1. The first-order valence-electron chi connectivity index (χ1n) is 8.91. The molecule has 26 heavy (non-hydrogen) atoms. The van der Waals surface area contributed by atoms with Crippen LogP contribution in [0.1, 0.15) is 19.5 Å². The zero-order valence-electron chi connectivity index (χ0n) is 15.3. The molecule has 5 nitrogen and oxygen atoms in total. The topological polar surface area (TPSA) is 73.8 Å². The second kappa shape index (κ2) is 7.93. The summed E-state index contributed by atoms with van der Waals surface area (Å²) in [5.41, 5.74) is 2.97. The Kier molecular flexibility index (Phi) is 5.64. The van der Waals surface area contributed by atoms with Crippen molar-refractivity contribution in [2.24, 2.45) is 11.8 Å². The number of piperidine rings is 1. The van der Waals surface area contributed by atoms with Crippen LogP contribution in [0.15, 0.2) is 36.7 Å². The van der Waals surface area contributed by atoms with Gasteiger partial charge in [-0.2, -0.15) is 0 Å². The van der Waals surface area contributed by atoms with Crippen molar-refractivity contribution in [2.75, 3.05) is 13.1 Å². The molecule has 4 heterocycles. The molecule has 1 aliphatic rings. The maximum Gasteiger partial charge on any atom is 0.150 e. The van der Waals surface area contributed by atoms with Gasteiger partial charge in [0.05, 0.1) is 17.2 Å². The van der Waals surface area contributed by atoms with E-state index >= 15 is 0 Å². The second-order valence-corrected chi connectivity index (χ2v) is 6.99. The van der Waals surface area contributed by atoms with Crippen LogP contribution in [0.2, 0.25) is 0 Å². The third-order valence-corrected chi connectivity index (χ3v) is 4.79. The molecule has 0 aromatic carbocycles. The van der Waals surface area contributed by atoms with E-state index in [1.165, 1.54) is 6.20 Å². The molecule has 6 heteroatoms. The van der Waals surface area contributed by atoms with Crippen LogP contribution in [0, 0.1) is 24.6 Å². The quantitative estimate of drug-likeness (QED) is 0.625. The highest BCUT2D eigenvalue weighted by molar-refractivity contribution is 5.92. The maximum atomic E-state index is 13.7. The van der Waals surface area contributed by atoms with Gasteiger partial charge in [-0.25, -0.2) is 9.37 Å². The monoisotopic (exact) mass is 356 g/mol. The predicted molar refractivity (Wildman–Crippen MR) is 101 cm³/mol. The number of pyridine rings is 2. The molecule has 2 unspecified atom stereocenters. The third kappa shape index (κ3) is 3.92. The first kappa shape index (κ1) is 18.5. The summed E-state index contributed by atoms with van der Waals surface area (Å²) in [6, 6.07) is 7.47. The molecule has 0 amide bonds. The fourth-order valence-electron chi connectivity index (χ4n) is 3.26. The first-order valence-corrected chi connectivity index (χ1v) is 8.91. The van der Waals surface area contributed by atoms with Crippen LogP contribution in [-0.4, -0.2) is 39.3 Å². The largest absolute Gasteiger partial charge is 0.392 e. The van der Waals surface area contributed by atoms with E-state index in [2.05, 4.69) is 34.1 Å². The summed E-state index contributed by atoms with van der Waals surface area (Å²) < 4.78 is 13.7. The van der Waals surface area contributed by atoms with Crippen molar-refractivity contribution in [3.8, 4) is 11.3 Å². The number of hydrogen-bond acceptors (Lipinski definition) is 4. The van der Waals surface area contributed by atoms with Crippen molar-refractivity contribution in [1.82, 2.24) is 20.3 Å². The predicted octanol–water partition coefficient (Wildman–Crippen LogP) is 3.30. The molecular weight excluding hydrogens is 331 g/mol. The summed E-state index contributed by atoms with van der Waals surface area (Å²) in [7, 11) is 0. The molecule has 4 rings (SSSR count).